The molecule has 11 nitrogen and oxygen atoms in total. The van der Waals surface area contributed by atoms with Gasteiger partial charge < -0.3 is 5.11 Å². The number of nitro groups is 2. The van der Waals surface area contributed by atoms with Crippen molar-refractivity contribution in [1.82, 2.24) is 0 Å². The van der Waals surface area contributed by atoms with Crippen molar-refractivity contribution in [2.24, 2.45) is 0 Å². The molecule has 0 aliphatic carbocycles. The third-order valence-electron chi connectivity index (χ3n) is 1.37. The number of phenolic OH excluding ortho intramolecular Hbond substituents is 1. The van der Waals surface area contributed by atoms with Gasteiger partial charge in [-0.05, 0) is 6.07 Å². The molecular weight excluding hydrogens is 319 g/mol. The van der Waals surface area contributed by atoms with Gasteiger partial charge in [-0.15, -0.1) is 0 Å². The average Bonchev–Trinajstić information content (AvgIpc) is 2.13. The fraction of sp³-hybridized carbons (Fsp3) is 0. The summed E-state index contributed by atoms with van der Waals surface area (Å²) in [6.45, 7) is 0. The first kappa shape index (κ1) is 16.1. The molecule has 100 valence electrons. The second-order valence-electron chi connectivity index (χ2n) is 2.67. The molecule has 0 saturated carbocycles. The van der Waals surface area contributed by atoms with E-state index in [4.69, 9.17) is 21.1 Å². The molecule has 0 atom stereocenters. The summed E-state index contributed by atoms with van der Waals surface area (Å²) in [4.78, 5) is 18.6. The summed E-state index contributed by atoms with van der Waals surface area (Å²) in [5, 5.41) is 29.5. The minimum Gasteiger partial charge on any atom is -0.502 e. The van der Waals surface area contributed by atoms with E-state index < -0.39 is 41.5 Å². The van der Waals surface area contributed by atoms with E-state index in [2.05, 4.69) is 0 Å². The molecule has 0 heterocycles. The Labute approximate surface area is 102 Å². The van der Waals surface area contributed by atoms with E-state index in [0.29, 0.717) is 0 Å². The topological polar surface area (TPSA) is 184 Å². The molecule has 0 bridgehead atoms. The van der Waals surface area contributed by atoms with Crippen molar-refractivity contribution in [2.75, 3.05) is 0 Å². The van der Waals surface area contributed by atoms with E-state index in [-0.39, 0.29) is 0 Å². The first-order valence-corrected chi connectivity index (χ1v) is 7.21. The number of nitro benzene ring substituents is 2. The zero-order valence-corrected chi connectivity index (χ0v) is 10.3. The summed E-state index contributed by atoms with van der Waals surface area (Å²) < 4.78 is 30.7. The zero-order chi connectivity index (χ0) is 14.5. The molecule has 1 aromatic rings. The monoisotopic (exact) mass is 326 g/mol. The van der Waals surface area contributed by atoms with E-state index in [1.807, 2.05) is 0 Å². The minimum absolute atomic E-state index is 0.709. The Kier molecular flexibility index (Phi) is 5.46. The second kappa shape index (κ2) is 6.12. The van der Waals surface area contributed by atoms with Crippen LogP contribution < -0.4 is 0 Å². The van der Waals surface area contributed by atoms with Crippen LogP contribution in [0.2, 0.25) is 0 Å². The van der Waals surface area contributed by atoms with Crippen molar-refractivity contribution in [3.63, 3.8) is 0 Å². The number of hydrogen-bond acceptors (Lipinski definition) is 6. The smallest absolute Gasteiger partial charge is 0.387 e. The van der Waals surface area contributed by atoms with Gasteiger partial charge in [0, 0.05) is 6.07 Å². The Balaban J connectivity index is 0.000000494. The van der Waals surface area contributed by atoms with Crippen LogP contribution in [0.3, 0.4) is 0 Å². The SMILES string of the molecule is O=[As](O)(O)O.O=[N+]([O-])c1cccc(O)c1[N+](=O)[O-]. The average molecular weight is 326 g/mol. The number of nitrogens with zero attached hydrogens (tertiary/aromatic N) is 2. The van der Waals surface area contributed by atoms with Crippen LogP contribution in [0.25, 0.3) is 0 Å². The summed E-state index contributed by atoms with van der Waals surface area (Å²) in [6.07, 6.45) is 0. The number of rotatable bonds is 2. The minimum atomic E-state index is -5.12. The van der Waals surface area contributed by atoms with Crippen molar-refractivity contribution in [1.29, 1.82) is 0 Å². The summed E-state index contributed by atoms with van der Waals surface area (Å²) in [5.74, 6) is -0.709. The molecule has 1 aromatic carbocycles. The molecule has 0 amide bonds. The fourth-order valence-corrected chi connectivity index (χ4v) is 0.854. The molecule has 0 saturated heterocycles. The molecule has 0 unspecified atom stereocenters. The van der Waals surface area contributed by atoms with E-state index in [1.165, 1.54) is 6.07 Å². The number of hydrogen-bond donors (Lipinski definition) is 4. The van der Waals surface area contributed by atoms with Gasteiger partial charge >= 0.3 is 41.9 Å². The third kappa shape index (κ3) is 5.96. The van der Waals surface area contributed by atoms with Crippen LogP contribution in [0, 0.1) is 20.2 Å². The first-order chi connectivity index (χ1) is 8.04. The molecular formula is C6H7AsN2O9. The summed E-state index contributed by atoms with van der Waals surface area (Å²) >= 11 is -5.12. The number of aromatic hydroxyl groups is 1. The van der Waals surface area contributed by atoms with Crippen LogP contribution in [-0.4, -0.2) is 41.8 Å². The van der Waals surface area contributed by atoms with Crippen LogP contribution in [0.1, 0.15) is 0 Å². The van der Waals surface area contributed by atoms with Gasteiger partial charge in [0.05, 0.1) is 9.85 Å². The van der Waals surface area contributed by atoms with Crippen molar-refractivity contribution >= 4 is 25.9 Å². The Morgan fingerprint density at radius 2 is 1.50 bits per heavy atom. The zero-order valence-electron chi connectivity index (χ0n) is 8.40. The van der Waals surface area contributed by atoms with Crippen LogP contribution in [-0.2, 0) is 3.74 Å². The van der Waals surface area contributed by atoms with Crippen LogP contribution in [0.15, 0.2) is 18.2 Å². The second-order valence-corrected chi connectivity index (χ2v) is 4.83. The number of para-hydroxylation sites is 1. The Morgan fingerprint density at radius 1 is 1.06 bits per heavy atom. The quantitative estimate of drug-likeness (QED) is 0.302. The normalized spacial score (nSPS) is 10.2. The van der Waals surface area contributed by atoms with Crippen LogP contribution >= 0.6 is 0 Å². The van der Waals surface area contributed by atoms with Gasteiger partial charge in [-0.25, -0.2) is 0 Å². The van der Waals surface area contributed by atoms with Gasteiger partial charge in [-0.1, -0.05) is 6.07 Å². The molecule has 0 aliphatic heterocycles. The van der Waals surface area contributed by atoms with Crippen molar-refractivity contribution in [2.45, 2.75) is 0 Å². The summed E-state index contributed by atoms with van der Waals surface area (Å²) in [7, 11) is 0. The van der Waals surface area contributed by atoms with Gasteiger partial charge in [0.1, 0.15) is 0 Å². The largest absolute Gasteiger partial charge is 0.502 e. The molecule has 0 aliphatic rings. The molecule has 0 radical (unpaired) electrons. The van der Waals surface area contributed by atoms with Gasteiger partial charge in [0.25, 0.3) is 0 Å². The predicted octanol–water partition coefficient (Wildman–Crippen LogP) is -0.962. The van der Waals surface area contributed by atoms with Gasteiger partial charge in [-0.3, -0.25) is 20.2 Å². The Hall–Kier alpha value is -1.94. The van der Waals surface area contributed by atoms with Crippen LogP contribution in [0.4, 0.5) is 11.4 Å². The van der Waals surface area contributed by atoms with Crippen molar-refractivity contribution < 1.29 is 31.0 Å². The summed E-state index contributed by atoms with van der Waals surface area (Å²) in [6, 6.07) is 3.14. The first-order valence-electron chi connectivity index (χ1n) is 3.93. The van der Waals surface area contributed by atoms with Crippen molar-refractivity contribution in [3.8, 4) is 5.75 Å². The molecule has 0 fully saturated rings. The molecule has 0 spiro atoms. The van der Waals surface area contributed by atoms with Gasteiger partial charge in [0.15, 0.2) is 0 Å². The molecule has 4 N–H and O–H groups in total. The van der Waals surface area contributed by atoms with Gasteiger partial charge in [-0.2, -0.15) is 0 Å². The maximum atomic E-state index is 10.3. The van der Waals surface area contributed by atoms with E-state index in [0.717, 1.165) is 12.1 Å². The molecule has 12 heteroatoms. The third-order valence-corrected chi connectivity index (χ3v) is 1.37. The molecule has 0 aromatic heterocycles. The summed E-state index contributed by atoms with van der Waals surface area (Å²) in [5.41, 5.74) is -1.60. The predicted molar refractivity (Wildman–Crippen MR) is 54.5 cm³/mol. The Bertz CT molecular complexity index is 502. The van der Waals surface area contributed by atoms with E-state index in [1.54, 1.807) is 0 Å². The molecule has 1 rings (SSSR count). The van der Waals surface area contributed by atoms with E-state index in [9.17, 15) is 20.2 Å². The molecule has 18 heavy (non-hydrogen) atoms. The van der Waals surface area contributed by atoms with Gasteiger partial charge in [0.2, 0.25) is 5.75 Å². The maximum Gasteiger partial charge on any atom is 0.387 e. The van der Waals surface area contributed by atoms with Crippen LogP contribution in [0.5, 0.6) is 5.75 Å². The van der Waals surface area contributed by atoms with Crippen molar-refractivity contribution in [3.05, 3.63) is 38.4 Å². The number of phenols is 1. The maximum absolute atomic E-state index is 10.3. The number of benzene rings is 1. The Morgan fingerprint density at radius 3 is 1.78 bits per heavy atom. The van der Waals surface area contributed by atoms with E-state index >= 15 is 0 Å². The standard InChI is InChI=1S/C6H4N2O5.AsH3O4/c9-5-3-1-2-4(7(10)11)6(5)8(12)13;2-1(3,4)5/h1-3,9H;(H3,2,3,4,5). The fourth-order valence-electron chi connectivity index (χ4n) is 0.854.